The Morgan fingerprint density at radius 1 is 0.957 bits per heavy atom. The summed E-state index contributed by atoms with van der Waals surface area (Å²) in [7, 11) is 0. The first-order valence-corrected chi connectivity index (χ1v) is 7.89. The average Bonchev–Trinajstić information content (AvgIpc) is 3.06. The molecule has 1 aliphatic rings. The number of amides is 1. The fourth-order valence-corrected chi connectivity index (χ4v) is 2.85. The van der Waals surface area contributed by atoms with Crippen LogP contribution in [0.5, 0.6) is 0 Å². The van der Waals surface area contributed by atoms with Crippen LogP contribution in [0.2, 0.25) is 0 Å². The van der Waals surface area contributed by atoms with Gasteiger partial charge in [-0.05, 0) is 17.7 Å². The first-order valence-electron chi connectivity index (χ1n) is 7.89. The molecule has 0 aliphatic carbocycles. The Balaban J connectivity index is 1.55. The summed E-state index contributed by atoms with van der Waals surface area (Å²) in [5.74, 6) is -0.0893. The number of nitrogens with one attached hydrogen (secondary N) is 1. The normalized spacial score (nSPS) is 15.6. The molecular weight excluding hydrogens is 290 g/mol. The Labute approximate surface area is 135 Å². The lowest BCUT2D eigenvalue weighted by molar-refractivity contribution is 0.0623. The van der Waals surface area contributed by atoms with E-state index in [0.29, 0.717) is 24.5 Å². The third kappa shape index (κ3) is 3.68. The molecule has 120 valence electrons. The van der Waals surface area contributed by atoms with Crippen LogP contribution in [0.4, 0.5) is 0 Å². The number of carbonyl (C=O) groups excluding carboxylic acids is 2. The predicted molar refractivity (Wildman–Crippen MR) is 88.4 cm³/mol. The fraction of sp³-hybridized carbons (Fsp3) is 0.333. The van der Waals surface area contributed by atoms with Crippen molar-refractivity contribution in [1.82, 2.24) is 14.8 Å². The molecule has 5 heteroatoms. The van der Waals surface area contributed by atoms with Gasteiger partial charge in [0.15, 0.2) is 5.78 Å². The van der Waals surface area contributed by atoms with Gasteiger partial charge in [0.2, 0.25) is 0 Å². The smallest absolute Gasteiger partial charge is 0.270 e. The minimum absolute atomic E-state index is 0.0307. The number of H-pyrrole nitrogens is 1. The highest BCUT2D eigenvalue weighted by molar-refractivity contribution is 5.97. The van der Waals surface area contributed by atoms with Crippen LogP contribution in [-0.2, 0) is 6.54 Å². The Kier molecular flexibility index (Phi) is 4.57. The van der Waals surface area contributed by atoms with E-state index in [9.17, 15) is 9.59 Å². The summed E-state index contributed by atoms with van der Waals surface area (Å²) in [5.41, 5.74) is 2.27. The van der Waals surface area contributed by atoms with Crippen molar-refractivity contribution in [1.29, 1.82) is 0 Å². The number of nitrogens with zero attached hydrogens (tertiary/aromatic N) is 2. The first kappa shape index (κ1) is 15.5. The molecule has 1 saturated heterocycles. The molecule has 2 heterocycles. The molecule has 3 rings (SSSR count). The largest absolute Gasteiger partial charge is 0.348 e. The van der Waals surface area contributed by atoms with Gasteiger partial charge in [0.05, 0.1) is 5.69 Å². The number of rotatable bonds is 4. The molecule has 23 heavy (non-hydrogen) atoms. The highest BCUT2D eigenvalue weighted by Gasteiger charge is 2.23. The Bertz CT molecular complexity index is 685. The molecule has 0 saturated carbocycles. The number of benzene rings is 1. The topological polar surface area (TPSA) is 56.4 Å². The van der Waals surface area contributed by atoms with E-state index in [1.165, 1.54) is 12.5 Å². The van der Waals surface area contributed by atoms with E-state index >= 15 is 0 Å². The summed E-state index contributed by atoms with van der Waals surface area (Å²) in [6.07, 6.45) is 0. The summed E-state index contributed by atoms with van der Waals surface area (Å²) in [4.78, 5) is 30.9. The molecular formula is C18H21N3O2. The van der Waals surface area contributed by atoms with Crippen molar-refractivity contribution in [2.45, 2.75) is 13.5 Å². The van der Waals surface area contributed by atoms with Crippen molar-refractivity contribution in [2.24, 2.45) is 0 Å². The number of hydrogen-bond donors (Lipinski definition) is 1. The van der Waals surface area contributed by atoms with Gasteiger partial charge in [-0.15, -0.1) is 0 Å². The van der Waals surface area contributed by atoms with Gasteiger partial charge in [0, 0.05) is 39.6 Å². The molecule has 1 N–H and O–H groups in total. The van der Waals surface area contributed by atoms with Gasteiger partial charge in [-0.3, -0.25) is 14.5 Å². The maximum Gasteiger partial charge on any atom is 0.270 e. The third-order valence-electron chi connectivity index (χ3n) is 4.20. The van der Waals surface area contributed by atoms with Crippen LogP contribution in [0.3, 0.4) is 0 Å². The van der Waals surface area contributed by atoms with Crippen LogP contribution in [-0.4, -0.2) is 52.7 Å². The number of aromatic nitrogens is 1. The van der Waals surface area contributed by atoms with Gasteiger partial charge in [0.1, 0.15) is 5.69 Å². The summed E-state index contributed by atoms with van der Waals surface area (Å²) < 4.78 is 0. The lowest BCUT2D eigenvalue weighted by Crippen LogP contribution is -2.48. The van der Waals surface area contributed by atoms with Crippen LogP contribution in [0.25, 0.3) is 0 Å². The van der Waals surface area contributed by atoms with E-state index < -0.39 is 0 Å². The van der Waals surface area contributed by atoms with Crippen molar-refractivity contribution in [2.75, 3.05) is 26.2 Å². The minimum Gasteiger partial charge on any atom is -0.348 e. The molecule has 0 unspecified atom stereocenters. The van der Waals surface area contributed by atoms with E-state index in [-0.39, 0.29) is 11.7 Å². The highest BCUT2D eigenvalue weighted by Crippen LogP contribution is 2.12. The molecule has 1 aromatic heterocycles. The maximum atomic E-state index is 12.5. The van der Waals surface area contributed by atoms with Crippen molar-refractivity contribution in [3.05, 3.63) is 59.4 Å². The zero-order valence-electron chi connectivity index (χ0n) is 13.3. The van der Waals surface area contributed by atoms with Gasteiger partial charge >= 0.3 is 0 Å². The predicted octanol–water partition coefficient (Wildman–Crippen LogP) is 2.18. The SMILES string of the molecule is CC(=O)c1ccc(C(=O)N2CCN(Cc3ccccc3)CC2)[nH]1. The lowest BCUT2D eigenvalue weighted by Gasteiger charge is -2.34. The van der Waals surface area contributed by atoms with E-state index in [1.54, 1.807) is 12.1 Å². The molecule has 0 spiro atoms. The zero-order chi connectivity index (χ0) is 16.2. The number of piperazine rings is 1. The molecule has 1 amide bonds. The molecule has 0 atom stereocenters. The zero-order valence-corrected chi connectivity index (χ0v) is 13.3. The van der Waals surface area contributed by atoms with Crippen molar-refractivity contribution >= 4 is 11.7 Å². The van der Waals surface area contributed by atoms with Crippen LogP contribution in [0, 0.1) is 0 Å². The Morgan fingerprint density at radius 2 is 1.61 bits per heavy atom. The molecule has 1 aliphatic heterocycles. The monoisotopic (exact) mass is 311 g/mol. The second-order valence-electron chi connectivity index (χ2n) is 5.90. The second kappa shape index (κ2) is 6.79. The molecule has 1 fully saturated rings. The summed E-state index contributed by atoms with van der Waals surface area (Å²) in [6.45, 7) is 5.55. The molecule has 1 aromatic carbocycles. The number of hydrogen-bond acceptors (Lipinski definition) is 3. The number of ketones is 1. The third-order valence-corrected chi connectivity index (χ3v) is 4.20. The quantitative estimate of drug-likeness (QED) is 0.881. The highest BCUT2D eigenvalue weighted by atomic mass is 16.2. The van der Waals surface area contributed by atoms with Crippen molar-refractivity contribution in [3.63, 3.8) is 0 Å². The van der Waals surface area contributed by atoms with Gasteiger partial charge in [-0.1, -0.05) is 30.3 Å². The van der Waals surface area contributed by atoms with E-state index in [1.807, 2.05) is 23.1 Å². The van der Waals surface area contributed by atoms with E-state index in [2.05, 4.69) is 22.0 Å². The molecule has 0 radical (unpaired) electrons. The standard InChI is InChI=1S/C18H21N3O2/c1-14(22)16-7-8-17(19-16)18(23)21-11-9-20(10-12-21)13-15-5-3-2-4-6-15/h2-8,19H,9-13H2,1H3. The van der Waals surface area contributed by atoms with E-state index in [4.69, 9.17) is 0 Å². The molecule has 2 aromatic rings. The lowest BCUT2D eigenvalue weighted by atomic mass is 10.2. The summed E-state index contributed by atoms with van der Waals surface area (Å²) in [6, 6.07) is 13.7. The van der Waals surface area contributed by atoms with Crippen LogP contribution >= 0.6 is 0 Å². The second-order valence-corrected chi connectivity index (χ2v) is 5.90. The average molecular weight is 311 g/mol. The van der Waals surface area contributed by atoms with Gasteiger partial charge in [-0.2, -0.15) is 0 Å². The minimum atomic E-state index is -0.0586. The number of carbonyl (C=O) groups is 2. The summed E-state index contributed by atoms with van der Waals surface area (Å²) >= 11 is 0. The maximum absolute atomic E-state index is 12.5. The summed E-state index contributed by atoms with van der Waals surface area (Å²) in [5, 5.41) is 0. The van der Waals surface area contributed by atoms with Gasteiger partial charge in [0.25, 0.3) is 5.91 Å². The van der Waals surface area contributed by atoms with Crippen LogP contribution in [0.1, 0.15) is 33.5 Å². The molecule has 0 bridgehead atoms. The van der Waals surface area contributed by atoms with Crippen LogP contribution < -0.4 is 0 Å². The van der Waals surface area contributed by atoms with Gasteiger partial charge < -0.3 is 9.88 Å². The van der Waals surface area contributed by atoms with Crippen LogP contribution in [0.15, 0.2) is 42.5 Å². The van der Waals surface area contributed by atoms with Gasteiger partial charge in [-0.25, -0.2) is 0 Å². The van der Waals surface area contributed by atoms with Crippen molar-refractivity contribution < 1.29 is 9.59 Å². The molecule has 5 nitrogen and oxygen atoms in total. The number of aromatic amines is 1. The first-order chi connectivity index (χ1) is 11.1. The fourth-order valence-electron chi connectivity index (χ4n) is 2.85. The van der Waals surface area contributed by atoms with E-state index in [0.717, 1.165) is 19.6 Å². The Morgan fingerprint density at radius 3 is 2.22 bits per heavy atom. The van der Waals surface area contributed by atoms with Crippen molar-refractivity contribution in [3.8, 4) is 0 Å². The Hall–Kier alpha value is -2.40. The number of Topliss-reactive ketones (excluding diaryl/α,β-unsaturated/α-hetero) is 1.